The van der Waals surface area contributed by atoms with Crippen LogP contribution in [-0.4, -0.2) is 47.4 Å². The molecule has 6 heteroatoms. The molecule has 73 heavy (non-hydrogen) atoms. The number of amides is 1. The minimum Gasteiger partial charge on any atom is -0.466 e. The summed E-state index contributed by atoms with van der Waals surface area (Å²) in [5.41, 5.74) is 0. The van der Waals surface area contributed by atoms with Crippen molar-refractivity contribution in [3.05, 3.63) is 36.5 Å². The first-order chi connectivity index (χ1) is 36.0. The van der Waals surface area contributed by atoms with Crippen LogP contribution in [0.15, 0.2) is 36.5 Å². The molecule has 0 saturated heterocycles. The van der Waals surface area contributed by atoms with Gasteiger partial charge in [-0.2, -0.15) is 0 Å². The molecule has 3 N–H and O–H groups in total. The maximum atomic E-state index is 12.5. The molecule has 430 valence electrons. The maximum absolute atomic E-state index is 12.5. The lowest BCUT2D eigenvalue weighted by atomic mass is 10.0. The van der Waals surface area contributed by atoms with Crippen LogP contribution in [0.2, 0.25) is 0 Å². The van der Waals surface area contributed by atoms with Crippen LogP contribution in [0.5, 0.6) is 0 Å². The quantitative estimate of drug-likeness (QED) is 0.0320. The Labute approximate surface area is 455 Å². The maximum Gasteiger partial charge on any atom is 0.305 e. The van der Waals surface area contributed by atoms with Crippen LogP contribution in [0.4, 0.5) is 0 Å². The van der Waals surface area contributed by atoms with Gasteiger partial charge in [-0.3, -0.25) is 9.59 Å². The summed E-state index contributed by atoms with van der Waals surface area (Å²) < 4.78 is 5.49. The number of hydrogen-bond donors (Lipinski definition) is 3. The second-order valence-corrected chi connectivity index (χ2v) is 22.5. The lowest BCUT2D eigenvalue weighted by Crippen LogP contribution is -2.45. The van der Waals surface area contributed by atoms with E-state index in [9.17, 15) is 19.8 Å². The molecule has 0 aliphatic carbocycles. The number of rotatable bonds is 61. The minimum absolute atomic E-state index is 0.00458. The van der Waals surface area contributed by atoms with Gasteiger partial charge in [0.15, 0.2) is 0 Å². The summed E-state index contributed by atoms with van der Waals surface area (Å²) in [4.78, 5) is 24.6. The zero-order valence-corrected chi connectivity index (χ0v) is 49.1. The van der Waals surface area contributed by atoms with Crippen molar-refractivity contribution in [1.29, 1.82) is 0 Å². The van der Waals surface area contributed by atoms with E-state index in [2.05, 4.69) is 43.5 Å². The Morgan fingerprint density at radius 1 is 0.384 bits per heavy atom. The van der Waals surface area contributed by atoms with Gasteiger partial charge in [0.2, 0.25) is 5.91 Å². The van der Waals surface area contributed by atoms with Gasteiger partial charge < -0.3 is 20.3 Å². The minimum atomic E-state index is -0.851. The van der Waals surface area contributed by atoms with Crippen molar-refractivity contribution in [1.82, 2.24) is 5.32 Å². The summed E-state index contributed by atoms with van der Waals surface area (Å²) in [6.45, 7) is 4.90. The smallest absolute Gasteiger partial charge is 0.305 e. The number of ether oxygens (including phenoxy) is 1. The number of nitrogens with one attached hydrogen (secondary N) is 1. The molecule has 0 radical (unpaired) electrons. The Morgan fingerprint density at radius 3 is 1.05 bits per heavy atom. The van der Waals surface area contributed by atoms with E-state index in [0.29, 0.717) is 19.4 Å². The fourth-order valence-corrected chi connectivity index (χ4v) is 10.1. The summed E-state index contributed by atoms with van der Waals surface area (Å²) in [6.07, 6.45) is 79.0. The number of carbonyl (C=O) groups is 2. The molecule has 0 aromatic rings. The van der Waals surface area contributed by atoms with Gasteiger partial charge in [0.05, 0.1) is 25.4 Å². The van der Waals surface area contributed by atoms with Gasteiger partial charge in [-0.15, -0.1) is 0 Å². The summed E-state index contributed by atoms with van der Waals surface area (Å²) >= 11 is 0. The molecule has 0 aromatic heterocycles. The monoisotopic (exact) mass is 1030 g/mol. The Bertz CT molecular complexity index is 1180. The van der Waals surface area contributed by atoms with Crippen molar-refractivity contribution in [2.24, 2.45) is 0 Å². The van der Waals surface area contributed by atoms with Gasteiger partial charge in [-0.05, 0) is 64.2 Å². The van der Waals surface area contributed by atoms with E-state index in [1.807, 2.05) is 6.08 Å². The van der Waals surface area contributed by atoms with Crippen LogP contribution in [0.1, 0.15) is 354 Å². The van der Waals surface area contributed by atoms with Gasteiger partial charge in [0.1, 0.15) is 0 Å². The summed E-state index contributed by atoms with van der Waals surface area (Å²) in [5, 5.41) is 23.2. The highest BCUT2D eigenvalue weighted by Gasteiger charge is 2.18. The van der Waals surface area contributed by atoms with Gasteiger partial charge in [0, 0.05) is 12.8 Å². The molecule has 0 aromatic carbocycles. The Balaban J connectivity index is 3.45. The Hall–Kier alpha value is -1.92. The zero-order valence-electron chi connectivity index (χ0n) is 49.1. The molecule has 0 saturated carbocycles. The van der Waals surface area contributed by atoms with E-state index in [0.717, 1.165) is 51.4 Å². The first-order valence-electron chi connectivity index (χ1n) is 32.8. The first-order valence-corrected chi connectivity index (χ1v) is 32.8. The standard InChI is InChI=1S/C67H127NO5/c1-3-5-7-9-11-13-15-17-19-21-23-24-25-26-27-31-35-39-43-47-51-55-59-65(70)64(63-69)68-66(71)60-56-52-48-44-40-36-32-29-30-34-38-42-46-50-54-58-62-73-67(72)61-57-53-49-45-41-37-33-28-22-20-18-16-14-12-10-8-6-4-2/h14,16,20,22,55,59,64-65,69-70H,3-13,15,17-19,21,23-54,56-58,60-63H2,1-2H3,(H,68,71)/b16-14-,22-20-,59-55+. The summed E-state index contributed by atoms with van der Waals surface area (Å²) in [6, 6.07) is -0.635. The number of aliphatic hydroxyl groups excluding tert-OH is 2. The molecule has 1 amide bonds. The van der Waals surface area contributed by atoms with E-state index >= 15 is 0 Å². The van der Waals surface area contributed by atoms with Gasteiger partial charge in [-0.1, -0.05) is 314 Å². The molecule has 0 aliphatic heterocycles. The average Bonchev–Trinajstić information content (AvgIpc) is 3.39. The van der Waals surface area contributed by atoms with E-state index < -0.39 is 12.1 Å². The SMILES string of the molecule is CCCCCC/C=C\C/C=C\CCCCCCCCCC(=O)OCCCCCCCCCCCCCCCCCCC(=O)NC(CO)C(O)/C=C/CCCCCCCCCCCCCCCCCCCCCC. The van der Waals surface area contributed by atoms with Crippen molar-refractivity contribution in [3.8, 4) is 0 Å². The number of allylic oxidation sites excluding steroid dienone is 5. The summed E-state index contributed by atoms with van der Waals surface area (Å²) in [5.74, 6) is -0.0765. The number of unbranched alkanes of at least 4 members (excludes halogenated alkanes) is 46. The predicted octanol–water partition coefficient (Wildman–Crippen LogP) is 20.8. The third kappa shape index (κ3) is 59.2. The molecular formula is C67H127NO5. The highest BCUT2D eigenvalue weighted by molar-refractivity contribution is 5.76. The van der Waals surface area contributed by atoms with Crippen LogP contribution in [0.25, 0.3) is 0 Å². The second-order valence-electron chi connectivity index (χ2n) is 22.5. The van der Waals surface area contributed by atoms with Gasteiger partial charge in [0.25, 0.3) is 0 Å². The molecule has 2 unspecified atom stereocenters. The number of aliphatic hydroxyl groups is 2. The van der Waals surface area contributed by atoms with Crippen molar-refractivity contribution < 1.29 is 24.5 Å². The molecule has 0 fully saturated rings. The molecule has 0 bridgehead atoms. The molecule has 0 heterocycles. The Morgan fingerprint density at radius 2 is 0.685 bits per heavy atom. The zero-order chi connectivity index (χ0) is 52.9. The largest absolute Gasteiger partial charge is 0.466 e. The highest BCUT2D eigenvalue weighted by Crippen LogP contribution is 2.18. The topological polar surface area (TPSA) is 95.9 Å². The van der Waals surface area contributed by atoms with E-state index in [1.165, 1.54) is 276 Å². The van der Waals surface area contributed by atoms with Crippen LogP contribution >= 0.6 is 0 Å². The average molecular weight is 1030 g/mol. The van der Waals surface area contributed by atoms with Crippen LogP contribution in [-0.2, 0) is 14.3 Å². The fraction of sp³-hybridized carbons (Fsp3) is 0.881. The lowest BCUT2D eigenvalue weighted by Gasteiger charge is -2.20. The van der Waals surface area contributed by atoms with Crippen molar-refractivity contribution in [2.45, 2.75) is 366 Å². The fourth-order valence-electron chi connectivity index (χ4n) is 10.1. The van der Waals surface area contributed by atoms with Crippen molar-refractivity contribution in [3.63, 3.8) is 0 Å². The normalized spacial score (nSPS) is 12.8. The molecule has 0 aliphatic rings. The van der Waals surface area contributed by atoms with Crippen molar-refractivity contribution in [2.75, 3.05) is 13.2 Å². The number of hydrogen-bond acceptors (Lipinski definition) is 5. The predicted molar refractivity (Wildman–Crippen MR) is 319 cm³/mol. The number of carbonyl (C=O) groups excluding carboxylic acids is 2. The molecular weight excluding hydrogens is 899 g/mol. The third-order valence-corrected chi connectivity index (χ3v) is 15.2. The van der Waals surface area contributed by atoms with E-state index in [-0.39, 0.29) is 18.5 Å². The molecule has 6 nitrogen and oxygen atoms in total. The van der Waals surface area contributed by atoms with Crippen LogP contribution < -0.4 is 5.32 Å². The first kappa shape index (κ1) is 71.1. The van der Waals surface area contributed by atoms with Crippen molar-refractivity contribution >= 4 is 11.9 Å². The molecule has 0 spiro atoms. The van der Waals surface area contributed by atoms with Crippen LogP contribution in [0.3, 0.4) is 0 Å². The van der Waals surface area contributed by atoms with Crippen LogP contribution in [0, 0.1) is 0 Å². The molecule has 0 rings (SSSR count). The van der Waals surface area contributed by atoms with Gasteiger partial charge >= 0.3 is 5.97 Å². The summed E-state index contributed by atoms with van der Waals surface area (Å²) in [7, 11) is 0. The number of esters is 1. The Kier molecular flexibility index (Phi) is 61.0. The highest BCUT2D eigenvalue weighted by atomic mass is 16.5. The van der Waals surface area contributed by atoms with Gasteiger partial charge in [-0.25, -0.2) is 0 Å². The van der Waals surface area contributed by atoms with E-state index in [4.69, 9.17) is 4.74 Å². The third-order valence-electron chi connectivity index (χ3n) is 15.2. The molecule has 2 atom stereocenters. The second kappa shape index (κ2) is 62.6. The van der Waals surface area contributed by atoms with E-state index in [1.54, 1.807) is 6.08 Å². The lowest BCUT2D eigenvalue weighted by molar-refractivity contribution is -0.143.